The fraction of sp³-hybridized carbons (Fsp3) is 0.462. The standard InChI is InChI=1S/C13H15BrF3NO/c1-2-3-4-7-18-12(19)10-6-5-9(14)8-11(10)13(15,16)17/h5-6,8H,2-4,7H2,1H3,(H,18,19). The molecule has 0 unspecified atom stereocenters. The Hall–Kier alpha value is -1.04. The first-order chi connectivity index (χ1) is 8.86. The predicted octanol–water partition coefficient (Wildman–Crippen LogP) is 4.39. The van der Waals surface area contributed by atoms with Crippen molar-refractivity contribution in [1.29, 1.82) is 0 Å². The van der Waals surface area contributed by atoms with Gasteiger partial charge in [-0.25, -0.2) is 0 Å². The zero-order valence-corrected chi connectivity index (χ0v) is 12.1. The van der Waals surface area contributed by atoms with Gasteiger partial charge in [0.25, 0.3) is 5.91 Å². The van der Waals surface area contributed by atoms with Crippen molar-refractivity contribution in [2.75, 3.05) is 6.54 Å². The minimum Gasteiger partial charge on any atom is -0.352 e. The maximum atomic E-state index is 12.8. The number of alkyl halides is 3. The number of benzene rings is 1. The Morgan fingerprint density at radius 3 is 2.58 bits per heavy atom. The lowest BCUT2D eigenvalue weighted by molar-refractivity contribution is -0.138. The second kappa shape index (κ2) is 6.93. The van der Waals surface area contributed by atoms with Gasteiger partial charge in [0.05, 0.1) is 11.1 Å². The van der Waals surface area contributed by atoms with Crippen molar-refractivity contribution in [2.24, 2.45) is 0 Å². The Morgan fingerprint density at radius 2 is 2.00 bits per heavy atom. The second-order valence-corrected chi connectivity index (χ2v) is 5.07. The van der Waals surface area contributed by atoms with Crippen LogP contribution >= 0.6 is 15.9 Å². The summed E-state index contributed by atoms with van der Waals surface area (Å²) in [5.74, 6) is -0.684. The smallest absolute Gasteiger partial charge is 0.352 e. The highest BCUT2D eigenvalue weighted by Crippen LogP contribution is 2.33. The van der Waals surface area contributed by atoms with Crippen molar-refractivity contribution in [3.8, 4) is 0 Å². The molecule has 2 nitrogen and oxygen atoms in total. The minimum absolute atomic E-state index is 0.294. The third-order valence-electron chi connectivity index (χ3n) is 2.60. The Kier molecular flexibility index (Phi) is 5.85. The maximum absolute atomic E-state index is 12.8. The van der Waals surface area contributed by atoms with Crippen molar-refractivity contribution in [3.05, 3.63) is 33.8 Å². The summed E-state index contributed by atoms with van der Waals surface area (Å²) in [6, 6.07) is 3.53. The number of halogens is 4. The van der Waals surface area contributed by atoms with Gasteiger partial charge in [0.1, 0.15) is 0 Å². The molecule has 1 amide bonds. The van der Waals surface area contributed by atoms with Gasteiger partial charge in [-0.15, -0.1) is 0 Å². The van der Waals surface area contributed by atoms with Gasteiger partial charge in [-0.2, -0.15) is 13.2 Å². The van der Waals surface area contributed by atoms with E-state index in [9.17, 15) is 18.0 Å². The highest BCUT2D eigenvalue weighted by atomic mass is 79.9. The van der Waals surface area contributed by atoms with E-state index in [1.54, 1.807) is 0 Å². The summed E-state index contributed by atoms with van der Waals surface area (Å²) in [7, 11) is 0. The molecule has 0 saturated heterocycles. The van der Waals surface area contributed by atoms with Gasteiger partial charge in [-0.3, -0.25) is 4.79 Å². The van der Waals surface area contributed by atoms with Crippen molar-refractivity contribution >= 4 is 21.8 Å². The van der Waals surface area contributed by atoms with Crippen LogP contribution in [0.3, 0.4) is 0 Å². The quantitative estimate of drug-likeness (QED) is 0.793. The monoisotopic (exact) mass is 337 g/mol. The third kappa shape index (κ3) is 4.86. The van der Waals surface area contributed by atoms with Crippen LogP contribution in [0.1, 0.15) is 42.1 Å². The molecule has 6 heteroatoms. The van der Waals surface area contributed by atoms with Gasteiger partial charge in [0, 0.05) is 11.0 Å². The highest BCUT2D eigenvalue weighted by molar-refractivity contribution is 9.10. The van der Waals surface area contributed by atoms with Gasteiger partial charge in [0.15, 0.2) is 0 Å². The van der Waals surface area contributed by atoms with Crippen LogP contribution in [0.2, 0.25) is 0 Å². The third-order valence-corrected chi connectivity index (χ3v) is 3.09. The zero-order valence-electron chi connectivity index (χ0n) is 10.5. The van der Waals surface area contributed by atoms with Crippen molar-refractivity contribution in [1.82, 2.24) is 5.32 Å². The number of carbonyl (C=O) groups is 1. The molecule has 0 fully saturated rings. The molecule has 19 heavy (non-hydrogen) atoms. The molecule has 106 valence electrons. The number of hydrogen-bond acceptors (Lipinski definition) is 1. The van der Waals surface area contributed by atoms with Crippen molar-refractivity contribution in [2.45, 2.75) is 32.4 Å². The first-order valence-electron chi connectivity index (χ1n) is 6.01. The number of rotatable bonds is 5. The summed E-state index contributed by atoms with van der Waals surface area (Å²) < 4.78 is 38.8. The molecule has 0 heterocycles. The van der Waals surface area contributed by atoms with Gasteiger partial charge in [0.2, 0.25) is 0 Å². The maximum Gasteiger partial charge on any atom is 0.417 e. The summed E-state index contributed by atoms with van der Waals surface area (Å²) in [6.45, 7) is 2.40. The normalized spacial score (nSPS) is 11.4. The Bertz CT molecular complexity index is 446. The molecule has 1 N–H and O–H groups in total. The van der Waals surface area contributed by atoms with Crippen LogP contribution in [0.25, 0.3) is 0 Å². The minimum atomic E-state index is -4.54. The number of carbonyl (C=O) groups excluding carboxylic acids is 1. The van der Waals surface area contributed by atoms with Crippen LogP contribution in [0, 0.1) is 0 Å². The fourth-order valence-electron chi connectivity index (χ4n) is 1.62. The largest absolute Gasteiger partial charge is 0.417 e. The summed E-state index contributed by atoms with van der Waals surface area (Å²) in [5, 5.41) is 2.51. The average molecular weight is 338 g/mol. The van der Waals surface area contributed by atoms with Crippen LogP contribution < -0.4 is 5.32 Å². The molecule has 0 aromatic heterocycles. The van der Waals surface area contributed by atoms with Gasteiger partial charge < -0.3 is 5.32 Å². The Balaban J connectivity index is 2.85. The molecule has 0 aliphatic rings. The Morgan fingerprint density at radius 1 is 1.32 bits per heavy atom. The zero-order chi connectivity index (χ0) is 14.5. The molecule has 0 spiro atoms. The van der Waals surface area contributed by atoms with Crippen LogP contribution in [0.5, 0.6) is 0 Å². The molecule has 0 aliphatic heterocycles. The van der Waals surface area contributed by atoms with Crippen molar-refractivity contribution in [3.63, 3.8) is 0 Å². The molecular formula is C13H15BrF3NO. The molecule has 1 rings (SSSR count). The van der Waals surface area contributed by atoms with Crippen LogP contribution in [-0.4, -0.2) is 12.5 Å². The van der Waals surface area contributed by atoms with E-state index in [4.69, 9.17) is 0 Å². The Labute approximate surface area is 118 Å². The molecule has 1 aromatic rings. The number of unbranched alkanes of at least 4 members (excludes halogenated alkanes) is 2. The fourth-order valence-corrected chi connectivity index (χ4v) is 1.98. The van der Waals surface area contributed by atoms with E-state index in [-0.39, 0.29) is 5.56 Å². The van der Waals surface area contributed by atoms with E-state index in [1.807, 2.05) is 6.92 Å². The molecular weight excluding hydrogens is 323 g/mol. The molecule has 1 aromatic carbocycles. The second-order valence-electron chi connectivity index (χ2n) is 4.15. The lowest BCUT2D eigenvalue weighted by atomic mass is 10.1. The van der Waals surface area contributed by atoms with Crippen LogP contribution in [-0.2, 0) is 6.18 Å². The van der Waals surface area contributed by atoms with Gasteiger partial charge in [-0.1, -0.05) is 35.7 Å². The molecule has 0 radical (unpaired) electrons. The topological polar surface area (TPSA) is 29.1 Å². The first kappa shape index (κ1) is 16.0. The molecule has 0 bridgehead atoms. The van der Waals surface area contributed by atoms with Crippen LogP contribution in [0.15, 0.2) is 22.7 Å². The number of amides is 1. The lowest BCUT2D eigenvalue weighted by Crippen LogP contribution is -2.27. The average Bonchev–Trinajstić information content (AvgIpc) is 2.33. The van der Waals surface area contributed by atoms with E-state index in [0.717, 1.165) is 25.3 Å². The number of hydrogen-bond donors (Lipinski definition) is 1. The van der Waals surface area contributed by atoms with E-state index < -0.39 is 17.6 Å². The summed E-state index contributed by atoms with van der Waals surface area (Å²) >= 11 is 2.98. The van der Waals surface area contributed by atoms with E-state index in [2.05, 4.69) is 21.2 Å². The number of nitrogens with one attached hydrogen (secondary N) is 1. The summed E-state index contributed by atoms with van der Waals surface area (Å²) in [5.41, 5.74) is -1.26. The van der Waals surface area contributed by atoms with E-state index in [0.29, 0.717) is 11.0 Å². The van der Waals surface area contributed by atoms with Gasteiger partial charge in [-0.05, 0) is 24.6 Å². The van der Waals surface area contributed by atoms with Crippen LogP contribution in [0.4, 0.5) is 13.2 Å². The highest BCUT2D eigenvalue weighted by Gasteiger charge is 2.35. The molecule has 0 aliphatic carbocycles. The van der Waals surface area contributed by atoms with Crippen molar-refractivity contribution < 1.29 is 18.0 Å². The molecule has 0 atom stereocenters. The predicted molar refractivity (Wildman–Crippen MR) is 71.0 cm³/mol. The lowest BCUT2D eigenvalue weighted by Gasteiger charge is -2.13. The van der Waals surface area contributed by atoms with E-state index >= 15 is 0 Å². The summed E-state index contributed by atoms with van der Waals surface area (Å²) in [6.07, 6.45) is -1.85. The van der Waals surface area contributed by atoms with Gasteiger partial charge >= 0.3 is 6.18 Å². The summed E-state index contributed by atoms with van der Waals surface area (Å²) in [4.78, 5) is 11.8. The van der Waals surface area contributed by atoms with E-state index in [1.165, 1.54) is 12.1 Å². The SMILES string of the molecule is CCCCCNC(=O)c1ccc(Br)cc1C(F)(F)F. The first-order valence-corrected chi connectivity index (χ1v) is 6.80. The molecule has 0 saturated carbocycles.